The van der Waals surface area contributed by atoms with Gasteiger partial charge in [-0.1, -0.05) is 48.7 Å². The van der Waals surface area contributed by atoms with Crippen molar-refractivity contribution in [3.05, 3.63) is 41.6 Å². The Morgan fingerprint density at radius 3 is 2.36 bits per heavy atom. The minimum Gasteiger partial charge on any atom is -0.355 e. The number of benzene rings is 1. The van der Waals surface area contributed by atoms with E-state index in [1.165, 1.54) is 44.1 Å². The molecule has 1 aromatic carbocycles. The molecule has 4 rings (SSSR count). The van der Waals surface area contributed by atoms with Gasteiger partial charge < -0.3 is 9.42 Å². The Hall–Kier alpha value is -2.10. The largest absolute Gasteiger partial charge is 0.355 e. The number of nitrogens with zero attached hydrogens (tertiary/aromatic N) is 2. The van der Waals surface area contributed by atoms with Crippen LogP contribution in [0.5, 0.6) is 0 Å². The molecule has 1 aliphatic carbocycles. The lowest BCUT2D eigenvalue weighted by Gasteiger charge is -2.25. The molecule has 2 fully saturated rings. The van der Waals surface area contributed by atoms with Gasteiger partial charge in [0.2, 0.25) is 0 Å². The van der Waals surface area contributed by atoms with E-state index in [0.29, 0.717) is 17.4 Å². The summed E-state index contributed by atoms with van der Waals surface area (Å²) in [5.41, 5.74) is 2.84. The molecule has 132 valence electrons. The highest BCUT2D eigenvalue weighted by Gasteiger charge is 2.22. The fraction of sp³-hybridized carbons (Fsp3) is 0.524. The molecule has 0 unspecified atom stereocenters. The van der Waals surface area contributed by atoms with Crippen molar-refractivity contribution in [1.29, 1.82) is 0 Å². The average Bonchev–Trinajstić information content (AvgIpc) is 3.19. The van der Waals surface area contributed by atoms with E-state index < -0.39 is 0 Å². The summed E-state index contributed by atoms with van der Waals surface area (Å²) in [6.45, 7) is 1.66. The summed E-state index contributed by atoms with van der Waals surface area (Å²) in [7, 11) is 0. The molecule has 25 heavy (non-hydrogen) atoms. The minimum atomic E-state index is -0.00599. The van der Waals surface area contributed by atoms with Crippen LogP contribution in [-0.2, 0) is 0 Å². The predicted molar refractivity (Wildman–Crippen MR) is 97.5 cm³/mol. The Bertz CT molecular complexity index is 708. The molecule has 0 radical (unpaired) electrons. The fourth-order valence-corrected chi connectivity index (χ4v) is 4.13. The molecule has 0 atom stereocenters. The van der Waals surface area contributed by atoms with Crippen LogP contribution < -0.4 is 0 Å². The number of carbonyl (C=O) groups is 1. The topological polar surface area (TPSA) is 46.3 Å². The van der Waals surface area contributed by atoms with Gasteiger partial charge in [-0.25, -0.2) is 0 Å². The zero-order chi connectivity index (χ0) is 17.1. The monoisotopic (exact) mass is 338 g/mol. The van der Waals surface area contributed by atoms with Gasteiger partial charge >= 0.3 is 0 Å². The Balaban J connectivity index is 1.46. The quantitative estimate of drug-likeness (QED) is 0.790. The molecule has 0 bridgehead atoms. The van der Waals surface area contributed by atoms with E-state index in [9.17, 15) is 4.79 Å². The van der Waals surface area contributed by atoms with Gasteiger partial charge in [-0.05, 0) is 43.6 Å². The smallest absolute Gasteiger partial charge is 0.276 e. The maximum Gasteiger partial charge on any atom is 0.276 e. The standard InChI is InChI=1S/C21H26N2O2/c24-21(23-13-5-2-6-14-23)19-15-20(25-22-19)18-11-9-17(10-12-18)16-7-3-1-4-8-16/h9-12,15-16H,1-8,13-14H2. The SMILES string of the molecule is O=C(c1cc(-c2ccc(C3CCCCC3)cc2)on1)N1CCCCC1. The van der Waals surface area contributed by atoms with Gasteiger partial charge in [-0.3, -0.25) is 4.79 Å². The van der Waals surface area contributed by atoms with Gasteiger partial charge in [0.25, 0.3) is 5.91 Å². The summed E-state index contributed by atoms with van der Waals surface area (Å²) in [5.74, 6) is 1.37. The second kappa shape index (κ2) is 7.42. The molecule has 0 spiro atoms. The van der Waals surface area contributed by atoms with E-state index in [-0.39, 0.29) is 5.91 Å². The first-order valence-corrected chi connectivity index (χ1v) is 9.67. The molecule has 1 amide bonds. The number of carbonyl (C=O) groups excluding carboxylic acids is 1. The van der Waals surface area contributed by atoms with Crippen LogP contribution in [0, 0.1) is 0 Å². The summed E-state index contributed by atoms with van der Waals surface area (Å²) >= 11 is 0. The molecule has 1 saturated heterocycles. The fourth-order valence-electron chi connectivity index (χ4n) is 4.13. The van der Waals surface area contributed by atoms with Gasteiger partial charge in [0.15, 0.2) is 11.5 Å². The van der Waals surface area contributed by atoms with Crippen LogP contribution in [-0.4, -0.2) is 29.1 Å². The molecular weight excluding hydrogens is 312 g/mol. The van der Waals surface area contributed by atoms with Gasteiger partial charge in [0.05, 0.1) is 0 Å². The normalized spacial score (nSPS) is 19.1. The van der Waals surface area contributed by atoms with Crippen LogP contribution in [0.15, 0.2) is 34.9 Å². The first-order valence-electron chi connectivity index (χ1n) is 9.67. The molecule has 1 aliphatic heterocycles. The van der Waals surface area contributed by atoms with Crippen LogP contribution in [0.3, 0.4) is 0 Å². The van der Waals surface area contributed by atoms with Crippen LogP contribution in [0.2, 0.25) is 0 Å². The highest BCUT2D eigenvalue weighted by molar-refractivity contribution is 5.93. The number of amides is 1. The zero-order valence-corrected chi connectivity index (χ0v) is 14.7. The Morgan fingerprint density at radius 1 is 0.960 bits per heavy atom. The van der Waals surface area contributed by atoms with Crippen molar-refractivity contribution in [3.63, 3.8) is 0 Å². The Morgan fingerprint density at radius 2 is 1.64 bits per heavy atom. The number of hydrogen-bond acceptors (Lipinski definition) is 3. The van der Waals surface area contributed by atoms with Crippen molar-refractivity contribution < 1.29 is 9.32 Å². The summed E-state index contributed by atoms with van der Waals surface area (Å²) in [4.78, 5) is 14.4. The first-order chi connectivity index (χ1) is 12.3. The summed E-state index contributed by atoms with van der Waals surface area (Å²) in [6, 6.07) is 10.4. The van der Waals surface area contributed by atoms with E-state index >= 15 is 0 Å². The van der Waals surface area contributed by atoms with Gasteiger partial charge in [0.1, 0.15) is 0 Å². The number of likely N-dealkylation sites (tertiary alicyclic amines) is 1. The van der Waals surface area contributed by atoms with Crippen molar-refractivity contribution >= 4 is 5.91 Å². The third kappa shape index (κ3) is 3.63. The van der Waals surface area contributed by atoms with Crippen LogP contribution in [0.1, 0.15) is 73.3 Å². The molecule has 0 N–H and O–H groups in total. The summed E-state index contributed by atoms with van der Waals surface area (Å²) in [5, 5.41) is 4.01. The number of piperidine rings is 1. The summed E-state index contributed by atoms with van der Waals surface area (Å²) in [6.07, 6.45) is 10.0. The van der Waals surface area contributed by atoms with Crippen molar-refractivity contribution in [1.82, 2.24) is 10.1 Å². The van der Waals surface area contributed by atoms with E-state index in [2.05, 4.69) is 29.4 Å². The van der Waals surface area contributed by atoms with Crippen molar-refractivity contribution in [2.75, 3.05) is 13.1 Å². The van der Waals surface area contributed by atoms with E-state index in [0.717, 1.165) is 31.5 Å². The van der Waals surface area contributed by atoms with Gasteiger partial charge in [0, 0.05) is 24.7 Å². The molecule has 1 aromatic heterocycles. The Labute approximate surface area is 149 Å². The molecule has 2 aromatic rings. The molecule has 1 saturated carbocycles. The second-order valence-corrected chi connectivity index (χ2v) is 7.39. The second-order valence-electron chi connectivity index (χ2n) is 7.39. The maximum atomic E-state index is 12.5. The first kappa shape index (κ1) is 16.4. The molecular formula is C21H26N2O2. The van der Waals surface area contributed by atoms with Crippen molar-refractivity contribution in [3.8, 4) is 11.3 Å². The van der Waals surface area contributed by atoms with Gasteiger partial charge in [-0.2, -0.15) is 0 Å². The summed E-state index contributed by atoms with van der Waals surface area (Å²) < 4.78 is 5.45. The average molecular weight is 338 g/mol. The van der Waals surface area contributed by atoms with Crippen molar-refractivity contribution in [2.45, 2.75) is 57.3 Å². The molecule has 4 heteroatoms. The van der Waals surface area contributed by atoms with E-state index in [4.69, 9.17) is 4.52 Å². The zero-order valence-electron chi connectivity index (χ0n) is 14.7. The van der Waals surface area contributed by atoms with Crippen LogP contribution >= 0.6 is 0 Å². The lowest BCUT2D eigenvalue weighted by Crippen LogP contribution is -2.35. The van der Waals surface area contributed by atoms with Crippen molar-refractivity contribution in [2.24, 2.45) is 0 Å². The van der Waals surface area contributed by atoms with Crippen LogP contribution in [0.25, 0.3) is 11.3 Å². The lowest BCUT2D eigenvalue weighted by atomic mass is 9.84. The predicted octanol–water partition coefficient (Wildman–Crippen LogP) is 5.02. The third-order valence-corrected chi connectivity index (χ3v) is 5.64. The maximum absolute atomic E-state index is 12.5. The molecule has 2 heterocycles. The number of hydrogen-bond donors (Lipinski definition) is 0. The van der Waals surface area contributed by atoms with Gasteiger partial charge in [-0.15, -0.1) is 0 Å². The highest BCUT2D eigenvalue weighted by atomic mass is 16.5. The third-order valence-electron chi connectivity index (χ3n) is 5.64. The molecule has 2 aliphatic rings. The molecule has 4 nitrogen and oxygen atoms in total. The highest BCUT2D eigenvalue weighted by Crippen LogP contribution is 2.33. The lowest BCUT2D eigenvalue weighted by molar-refractivity contribution is 0.0714. The number of rotatable bonds is 3. The Kier molecular flexibility index (Phi) is 4.86. The minimum absolute atomic E-state index is 0.00599. The van der Waals surface area contributed by atoms with Crippen LogP contribution in [0.4, 0.5) is 0 Å². The van der Waals surface area contributed by atoms with E-state index in [1.54, 1.807) is 6.07 Å². The number of aromatic nitrogens is 1. The van der Waals surface area contributed by atoms with E-state index in [1.807, 2.05) is 4.90 Å².